The summed E-state index contributed by atoms with van der Waals surface area (Å²) in [6, 6.07) is 0. The summed E-state index contributed by atoms with van der Waals surface area (Å²) in [7, 11) is 0. The van der Waals surface area contributed by atoms with Gasteiger partial charge in [-0.2, -0.15) is 5.43 Å². The van der Waals surface area contributed by atoms with Crippen molar-refractivity contribution in [2.75, 3.05) is 19.7 Å². The summed E-state index contributed by atoms with van der Waals surface area (Å²) in [6.07, 6.45) is 5.88. The van der Waals surface area contributed by atoms with E-state index in [9.17, 15) is 5.21 Å². The van der Waals surface area contributed by atoms with E-state index in [1.165, 1.54) is 12.8 Å². The fourth-order valence-electron chi connectivity index (χ4n) is 1.25. The minimum atomic E-state index is 0.297. The highest BCUT2D eigenvalue weighted by Crippen LogP contribution is 1.98. The van der Waals surface area contributed by atoms with Gasteiger partial charge in [0.2, 0.25) is 0 Å². The molecule has 0 rings (SSSR count). The van der Waals surface area contributed by atoms with Crippen LogP contribution in [0.1, 0.15) is 45.4 Å². The Balaban J connectivity index is 3.26. The maximum atomic E-state index is 11.1. The van der Waals surface area contributed by atoms with Crippen molar-refractivity contribution in [3.63, 3.8) is 0 Å². The summed E-state index contributed by atoms with van der Waals surface area (Å²) in [6.45, 7) is 3.53. The topological polar surface area (TPSA) is 89.2 Å². The van der Waals surface area contributed by atoms with E-state index in [4.69, 9.17) is 5.26 Å². The van der Waals surface area contributed by atoms with Gasteiger partial charge in [0.1, 0.15) is 6.54 Å². The van der Waals surface area contributed by atoms with Crippen molar-refractivity contribution in [1.82, 2.24) is 5.43 Å². The molecule has 0 aromatic carbocycles. The zero-order valence-electron chi connectivity index (χ0n) is 10.4. The Hall–Kier alpha value is -0.920. The lowest BCUT2D eigenvalue weighted by molar-refractivity contribution is -0.590. The summed E-state index contributed by atoms with van der Waals surface area (Å²) >= 11 is 0. The van der Waals surface area contributed by atoms with Crippen LogP contribution >= 0.6 is 0 Å². The number of hydrogen-bond acceptors (Lipinski definition) is 5. The van der Waals surface area contributed by atoms with Crippen LogP contribution in [0, 0.1) is 5.21 Å². The largest absolute Gasteiger partial charge is 0.572 e. The highest BCUT2D eigenvalue weighted by Gasteiger charge is 1.95. The second-order valence-electron chi connectivity index (χ2n) is 3.71. The smallest absolute Gasteiger partial charge is 0.106 e. The first-order valence-electron chi connectivity index (χ1n) is 6.12. The van der Waals surface area contributed by atoms with Gasteiger partial charge in [-0.05, 0) is 24.4 Å². The third-order valence-electron chi connectivity index (χ3n) is 2.19. The lowest BCUT2D eigenvalue weighted by Gasteiger charge is -2.02. The van der Waals surface area contributed by atoms with Gasteiger partial charge in [-0.3, -0.25) is 0 Å². The zero-order chi connectivity index (χ0) is 12.8. The van der Waals surface area contributed by atoms with E-state index in [2.05, 4.69) is 27.4 Å². The summed E-state index contributed by atoms with van der Waals surface area (Å²) in [5.74, 6) is 0. The molecular weight excluding hydrogens is 226 g/mol. The Morgan fingerprint density at radius 1 is 1.24 bits per heavy atom. The van der Waals surface area contributed by atoms with Gasteiger partial charge >= 0.3 is 0 Å². The molecule has 0 amide bonds. The zero-order valence-corrected chi connectivity index (χ0v) is 10.4. The molecule has 7 heteroatoms. The van der Waals surface area contributed by atoms with Gasteiger partial charge in [0.25, 0.3) is 0 Å². The third-order valence-corrected chi connectivity index (χ3v) is 2.19. The molecule has 0 aliphatic rings. The van der Waals surface area contributed by atoms with E-state index >= 15 is 0 Å². The molecule has 0 saturated heterocycles. The number of hydrogen-bond donors (Lipinski definition) is 2. The molecule has 0 unspecified atom stereocenters. The maximum absolute atomic E-state index is 11.1. The van der Waals surface area contributed by atoms with Crippen molar-refractivity contribution < 1.29 is 20.2 Å². The van der Waals surface area contributed by atoms with Crippen molar-refractivity contribution in [2.45, 2.75) is 45.4 Å². The van der Waals surface area contributed by atoms with Crippen molar-refractivity contribution in [3.05, 3.63) is 5.21 Å². The van der Waals surface area contributed by atoms with Gasteiger partial charge in [-0.25, -0.2) is 10.1 Å². The molecule has 0 fully saturated rings. The first kappa shape index (κ1) is 16.1. The van der Waals surface area contributed by atoms with Crippen LogP contribution in [0.15, 0.2) is 5.11 Å². The van der Waals surface area contributed by atoms with Crippen molar-refractivity contribution in [1.29, 1.82) is 0 Å². The average molecular weight is 249 g/mol. The van der Waals surface area contributed by atoms with Crippen LogP contribution in [0.3, 0.4) is 0 Å². The van der Waals surface area contributed by atoms with E-state index in [0.29, 0.717) is 31.1 Å². The SMILES string of the molecule is CCCCCCN=[N+]([O-])NCCCCOOO. The molecule has 0 aromatic heterocycles. The Kier molecular flexibility index (Phi) is 12.4. The van der Waals surface area contributed by atoms with Crippen molar-refractivity contribution in [3.8, 4) is 0 Å². The molecule has 0 aromatic rings. The van der Waals surface area contributed by atoms with Crippen LogP contribution in [0.4, 0.5) is 0 Å². The Morgan fingerprint density at radius 3 is 2.76 bits per heavy atom. The average Bonchev–Trinajstić information content (AvgIpc) is 2.33. The summed E-state index contributed by atoms with van der Waals surface area (Å²) in [5, 5.41) is 26.2. The van der Waals surface area contributed by atoms with E-state index in [1.54, 1.807) is 0 Å². The van der Waals surface area contributed by atoms with Crippen LogP contribution < -0.4 is 5.43 Å². The number of nitrogens with one attached hydrogen (secondary N) is 1. The quantitative estimate of drug-likeness (QED) is 0.182. The lowest BCUT2D eigenvalue weighted by Crippen LogP contribution is -2.24. The third kappa shape index (κ3) is 13.0. The molecule has 7 nitrogen and oxygen atoms in total. The molecular formula is C10H23N3O4. The standard InChI is InChI=1S/C10H23N3O4/c1-2-3-4-5-8-11-13(14)12-9-6-7-10-16-17-15/h15H,2-10H2,1H3,(H,11,12). The fourth-order valence-corrected chi connectivity index (χ4v) is 1.25. The number of rotatable bonds is 12. The molecule has 0 bridgehead atoms. The first-order chi connectivity index (χ1) is 8.31. The van der Waals surface area contributed by atoms with E-state index < -0.39 is 0 Å². The van der Waals surface area contributed by atoms with Gasteiger partial charge in [0.05, 0.1) is 13.2 Å². The predicted molar refractivity (Wildman–Crippen MR) is 62.0 cm³/mol. The molecule has 0 spiro atoms. The summed E-state index contributed by atoms with van der Waals surface area (Å²) in [5.41, 5.74) is 2.60. The van der Waals surface area contributed by atoms with Gasteiger partial charge in [-0.1, -0.05) is 31.2 Å². The lowest BCUT2D eigenvalue weighted by atomic mass is 10.2. The molecule has 102 valence electrons. The van der Waals surface area contributed by atoms with Crippen LogP contribution in [-0.2, 0) is 9.93 Å². The molecule has 0 heterocycles. The van der Waals surface area contributed by atoms with Crippen molar-refractivity contribution >= 4 is 0 Å². The Morgan fingerprint density at radius 2 is 2.06 bits per heavy atom. The van der Waals surface area contributed by atoms with E-state index in [0.717, 1.165) is 19.3 Å². The molecule has 17 heavy (non-hydrogen) atoms. The van der Waals surface area contributed by atoms with Crippen LogP contribution in [0.25, 0.3) is 0 Å². The van der Waals surface area contributed by atoms with Gasteiger partial charge in [0.15, 0.2) is 0 Å². The van der Waals surface area contributed by atoms with E-state index in [1.807, 2.05) is 0 Å². The fraction of sp³-hybridized carbons (Fsp3) is 1.00. The summed E-state index contributed by atoms with van der Waals surface area (Å²) < 4.78 is 0. The van der Waals surface area contributed by atoms with Gasteiger partial charge in [-0.15, -0.1) is 0 Å². The van der Waals surface area contributed by atoms with Gasteiger partial charge < -0.3 is 5.21 Å². The first-order valence-corrected chi connectivity index (χ1v) is 6.12. The second-order valence-corrected chi connectivity index (χ2v) is 3.71. The normalized spacial score (nSPS) is 11.8. The van der Waals surface area contributed by atoms with Crippen LogP contribution in [0.2, 0.25) is 0 Å². The minimum absolute atomic E-state index is 0.297. The maximum Gasteiger partial charge on any atom is 0.106 e. The molecule has 0 saturated carbocycles. The van der Waals surface area contributed by atoms with Gasteiger partial charge in [0, 0.05) is 4.97 Å². The Labute approximate surface area is 102 Å². The highest BCUT2D eigenvalue weighted by atomic mass is 17.5. The number of hydrazine groups is 1. The monoisotopic (exact) mass is 249 g/mol. The number of nitrogens with zero attached hydrogens (tertiary/aromatic N) is 2. The van der Waals surface area contributed by atoms with Crippen LogP contribution in [0.5, 0.6) is 0 Å². The van der Waals surface area contributed by atoms with E-state index in [-0.39, 0.29) is 0 Å². The number of unbranched alkanes of at least 4 members (excludes halogenated alkanes) is 4. The molecule has 0 atom stereocenters. The Bertz CT molecular complexity index is 190. The second kappa shape index (κ2) is 13.1. The predicted octanol–water partition coefficient (Wildman–Crippen LogP) is 2.24. The van der Waals surface area contributed by atoms with Crippen molar-refractivity contribution in [2.24, 2.45) is 5.11 Å². The molecule has 2 N–H and O–H groups in total. The summed E-state index contributed by atoms with van der Waals surface area (Å²) in [4.78, 5) is 4.78. The van der Waals surface area contributed by atoms with Crippen LogP contribution in [-0.4, -0.2) is 29.9 Å². The molecule has 0 aliphatic carbocycles. The molecule has 0 aliphatic heterocycles. The molecule has 0 radical (unpaired) electrons. The highest BCUT2D eigenvalue weighted by molar-refractivity contribution is 4.41. The minimum Gasteiger partial charge on any atom is -0.572 e.